The van der Waals surface area contributed by atoms with Gasteiger partial charge in [-0.2, -0.15) is 5.10 Å². The van der Waals surface area contributed by atoms with Crippen LogP contribution in [0.5, 0.6) is 0 Å². The van der Waals surface area contributed by atoms with Gasteiger partial charge in [0.2, 0.25) is 5.95 Å². The quantitative estimate of drug-likeness (QED) is 0.442. The number of rotatable bonds is 7. The number of halogens is 1. The highest BCUT2D eigenvalue weighted by atomic mass is 35.5. The highest BCUT2D eigenvalue weighted by molar-refractivity contribution is 7.99. The summed E-state index contributed by atoms with van der Waals surface area (Å²) in [5, 5.41) is 4.91. The van der Waals surface area contributed by atoms with Crippen LogP contribution in [0.15, 0.2) is 41.4 Å². The second-order valence-electron chi connectivity index (χ2n) is 7.20. The molecule has 0 amide bonds. The number of hydrogen-bond acceptors (Lipinski definition) is 7. The molecule has 0 aliphatic carbocycles. The Morgan fingerprint density at radius 2 is 1.97 bits per heavy atom. The van der Waals surface area contributed by atoms with E-state index in [-0.39, 0.29) is 5.95 Å². The average molecular weight is 445 g/mol. The van der Waals surface area contributed by atoms with E-state index in [2.05, 4.69) is 44.2 Å². The number of anilines is 1. The van der Waals surface area contributed by atoms with E-state index < -0.39 is 0 Å². The summed E-state index contributed by atoms with van der Waals surface area (Å²) in [4.78, 5) is 12.0. The maximum Gasteiger partial charge on any atom is 0.222 e. The minimum Gasteiger partial charge on any atom is -0.379 e. The van der Waals surface area contributed by atoms with E-state index in [1.807, 2.05) is 25.0 Å². The Bertz CT molecular complexity index is 985. The van der Waals surface area contributed by atoms with Gasteiger partial charge in [-0.15, -0.1) is 11.8 Å². The summed E-state index contributed by atoms with van der Waals surface area (Å²) in [5.74, 6) is 1.20. The van der Waals surface area contributed by atoms with Crippen LogP contribution in [0.3, 0.4) is 0 Å². The first kappa shape index (κ1) is 21.1. The Labute approximate surface area is 185 Å². The summed E-state index contributed by atoms with van der Waals surface area (Å²) >= 11 is 7.98. The minimum absolute atomic E-state index is 0.146. The van der Waals surface area contributed by atoms with Gasteiger partial charge in [-0.05, 0) is 11.6 Å². The van der Waals surface area contributed by atoms with E-state index in [1.165, 1.54) is 10.5 Å². The molecule has 7 nitrogen and oxygen atoms in total. The standard InChI is InChI=1S/C21H25ClN6OS/c1-27-14-16(20(26-27)17-13-19(22)25-21(23)24-17)12-15-4-2-3-5-18(15)30-11-8-28-6-9-29-10-7-28/h2-5,13-14H,6-12H2,1H3,(H2,23,24,25). The molecule has 158 valence electrons. The molecule has 0 radical (unpaired) electrons. The highest BCUT2D eigenvalue weighted by Crippen LogP contribution is 2.29. The van der Waals surface area contributed by atoms with Gasteiger partial charge in [-0.3, -0.25) is 9.58 Å². The van der Waals surface area contributed by atoms with Crippen LogP contribution in [-0.2, 0) is 18.2 Å². The van der Waals surface area contributed by atoms with Crippen LogP contribution in [-0.4, -0.2) is 63.2 Å². The fourth-order valence-corrected chi connectivity index (χ4v) is 4.80. The van der Waals surface area contributed by atoms with Crippen molar-refractivity contribution in [3.63, 3.8) is 0 Å². The molecule has 9 heteroatoms. The number of nitrogens with two attached hydrogens (primary N) is 1. The number of aryl methyl sites for hydroxylation is 1. The molecule has 1 aliphatic heterocycles. The van der Waals surface area contributed by atoms with Crippen molar-refractivity contribution in [1.29, 1.82) is 0 Å². The molecule has 1 fully saturated rings. The van der Waals surface area contributed by atoms with Crippen LogP contribution < -0.4 is 5.73 Å². The van der Waals surface area contributed by atoms with E-state index in [0.717, 1.165) is 56.3 Å². The van der Waals surface area contributed by atoms with E-state index in [4.69, 9.17) is 22.1 Å². The number of ether oxygens (including phenoxy) is 1. The summed E-state index contributed by atoms with van der Waals surface area (Å²) in [6.07, 6.45) is 2.78. The molecule has 3 heterocycles. The molecule has 1 aromatic carbocycles. The molecule has 2 aromatic heterocycles. The first-order chi connectivity index (χ1) is 14.6. The van der Waals surface area contributed by atoms with Gasteiger partial charge in [0.25, 0.3) is 0 Å². The molecular formula is C21H25ClN6OS. The van der Waals surface area contributed by atoms with Gasteiger partial charge < -0.3 is 10.5 Å². The number of thioether (sulfide) groups is 1. The number of morpholine rings is 1. The summed E-state index contributed by atoms with van der Waals surface area (Å²) in [6, 6.07) is 10.2. The van der Waals surface area contributed by atoms with Gasteiger partial charge in [-0.1, -0.05) is 29.8 Å². The van der Waals surface area contributed by atoms with Gasteiger partial charge in [0.1, 0.15) is 10.8 Å². The van der Waals surface area contributed by atoms with Crippen molar-refractivity contribution in [2.24, 2.45) is 7.05 Å². The van der Waals surface area contributed by atoms with Crippen molar-refractivity contribution < 1.29 is 4.74 Å². The largest absolute Gasteiger partial charge is 0.379 e. The molecule has 4 rings (SSSR count). The lowest BCUT2D eigenvalue weighted by Gasteiger charge is -2.26. The Hall–Kier alpha value is -2.13. The van der Waals surface area contributed by atoms with Crippen LogP contribution in [0, 0.1) is 0 Å². The Morgan fingerprint density at radius 1 is 1.17 bits per heavy atom. The van der Waals surface area contributed by atoms with Gasteiger partial charge in [-0.25, -0.2) is 9.97 Å². The molecule has 0 unspecified atom stereocenters. The lowest BCUT2D eigenvalue weighted by molar-refractivity contribution is 0.0410. The average Bonchev–Trinajstić information content (AvgIpc) is 3.09. The smallest absolute Gasteiger partial charge is 0.222 e. The van der Waals surface area contributed by atoms with Gasteiger partial charge >= 0.3 is 0 Å². The maximum absolute atomic E-state index is 6.09. The molecule has 30 heavy (non-hydrogen) atoms. The van der Waals surface area contributed by atoms with Crippen molar-refractivity contribution in [2.45, 2.75) is 11.3 Å². The molecule has 1 aliphatic rings. The fourth-order valence-electron chi connectivity index (χ4n) is 3.54. The summed E-state index contributed by atoms with van der Waals surface area (Å²) in [5.41, 5.74) is 9.56. The monoisotopic (exact) mass is 444 g/mol. The van der Waals surface area contributed by atoms with Crippen LogP contribution in [0.1, 0.15) is 11.1 Å². The van der Waals surface area contributed by atoms with E-state index in [1.54, 1.807) is 10.7 Å². The predicted molar refractivity (Wildman–Crippen MR) is 121 cm³/mol. The first-order valence-electron chi connectivity index (χ1n) is 9.92. The molecule has 0 atom stereocenters. The maximum atomic E-state index is 6.09. The van der Waals surface area contributed by atoms with Crippen LogP contribution in [0.4, 0.5) is 5.95 Å². The van der Waals surface area contributed by atoms with Crippen LogP contribution in [0.25, 0.3) is 11.4 Å². The number of benzene rings is 1. The van der Waals surface area contributed by atoms with Crippen molar-refractivity contribution >= 4 is 29.3 Å². The Kier molecular flexibility index (Phi) is 6.89. The second-order valence-corrected chi connectivity index (χ2v) is 8.72. The molecule has 0 spiro atoms. The van der Waals surface area contributed by atoms with E-state index in [0.29, 0.717) is 10.8 Å². The Morgan fingerprint density at radius 3 is 2.77 bits per heavy atom. The molecule has 0 saturated carbocycles. The third kappa shape index (κ3) is 5.31. The number of nitrogen functional groups attached to an aromatic ring is 1. The lowest BCUT2D eigenvalue weighted by atomic mass is 10.0. The summed E-state index contributed by atoms with van der Waals surface area (Å²) < 4.78 is 7.23. The molecule has 2 N–H and O–H groups in total. The van der Waals surface area contributed by atoms with Crippen molar-refractivity contribution in [3.8, 4) is 11.4 Å². The number of aromatic nitrogens is 4. The predicted octanol–water partition coefficient (Wildman–Crippen LogP) is 3.13. The van der Waals surface area contributed by atoms with E-state index >= 15 is 0 Å². The van der Waals surface area contributed by atoms with Gasteiger partial charge in [0, 0.05) is 61.6 Å². The Balaban J connectivity index is 1.51. The molecule has 1 saturated heterocycles. The zero-order valence-corrected chi connectivity index (χ0v) is 18.5. The highest BCUT2D eigenvalue weighted by Gasteiger charge is 2.16. The van der Waals surface area contributed by atoms with Crippen molar-refractivity contribution in [3.05, 3.63) is 52.8 Å². The number of nitrogens with zero attached hydrogens (tertiary/aromatic N) is 5. The minimum atomic E-state index is 0.146. The molecule has 0 bridgehead atoms. The zero-order valence-electron chi connectivity index (χ0n) is 16.9. The van der Waals surface area contributed by atoms with E-state index in [9.17, 15) is 0 Å². The third-order valence-electron chi connectivity index (χ3n) is 4.98. The summed E-state index contributed by atoms with van der Waals surface area (Å²) in [6.45, 7) is 4.78. The lowest BCUT2D eigenvalue weighted by Crippen LogP contribution is -2.37. The molecule has 3 aromatic rings. The SMILES string of the molecule is Cn1cc(Cc2ccccc2SCCN2CCOCC2)c(-c2cc(Cl)nc(N)n2)n1. The third-order valence-corrected chi connectivity index (χ3v) is 6.27. The van der Waals surface area contributed by atoms with Crippen molar-refractivity contribution in [1.82, 2.24) is 24.6 Å². The second kappa shape index (κ2) is 9.78. The summed E-state index contributed by atoms with van der Waals surface area (Å²) in [7, 11) is 1.90. The zero-order chi connectivity index (χ0) is 20.9. The first-order valence-corrected chi connectivity index (χ1v) is 11.3. The van der Waals surface area contributed by atoms with Crippen LogP contribution >= 0.6 is 23.4 Å². The van der Waals surface area contributed by atoms with Crippen LogP contribution in [0.2, 0.25) is 5.15 Å². The van der Waals surface area contributed by atoms with Gasteiger partial charge in [0.15, 0.2) is 0 Å². The molecular weight excluding hydrogens is 420 g/mol. The fraction of sp³-hybridized carbons (Fsp3) is 0.381. The topological polar surface area (TPSA) is 82.1 Å². The van der Waals surface area contributed by atoms with Crippen molar-refractivity contribution in [2.75, 3.05) is 44.3 Å². The normalized spacial score (nSPS) is 14.9. The number of hydrogen-bond donors (Lipinski definition) is 1. The van der Waals surface area contributed by atoms with Gasteiger partial charge in [0.05, 0.1) is 18.9 Å².